The standard InChI is InChI=1S/C21H27NO6/c1-6-7-14-10-17(23)28-19-12(4)16(9-8-15(14)19)27-13(5)20(24)22-18(11(2)3)21(25)26/h8-11,13,18H,6-7H2,1-5H3,(H,22,24)(H,25,26)/t13-,18+/m1/s1. The molecule has 0 aliphatic rings. The molecule has 0 saturated heterocycles. The first-order chi connectivity index (χ1) is 13.1. The molecular formula is C21H27NO6. The van der Waals surface area contributed by atoms with Gasteiger partial charge in [-0.15, -0.1) is 0 Å². The van der Waals surface area contributed by atoms with Crippen molar-refractivity contribution in [3.8, 4) is 5.75 Å². The fourth-order valence-corrected chi connectivity index (χ4v) is 3.04. The van der Waals surface area contributed by atoms with Crippen molar-refractivity contribution in [2.45, 2.75) is 59.6 Å². The highest BCUT2D eigenvalue weighted by molar-refractivity contribution is 5.87. The largest absolute Gasteiger partial charge is 0.480 e. The predicted octanol–water partition coefficient (Wildman–Crippen LogP) is 3.05. The summed E-state index contributed by atoms with van der Waals surface area (Å²) in [6.07, 6.45) is 0.738. The molecule has 1 amide bonds. The van der Waals surface area contributed by atoms with E-state index >= 15 is 0 Å². The van der Waals surface area contributed by atoms with Crippen LogP contribution in [-0.2, 0) is 16.0 Å². The number of aliphatic carboxylic acids is 1. The van der Waals surface area contributed by atoms with Crippen molar-refractivity contribution in [1.29, 1.82) is 0 Å². The molecule has 7 heteroatoms. The van der Waals surface area contributed by atoms with Gasteiger partial charge in [-0.05, 0) is 43.9 Å². The van der Waals surface area contributed by atoms with Crippen molar-refractivity contribution in [1.82, 2.24) is 5.32 Å². The lowest BCUT2D eigenvalue weighted by Crippen LogP contribution is -2.48. The molecule has 0 radical (unpaired) electrons. The van der Waals surface area contributed by atoms with Gasteiger partial charge in [0, 0.05) is 17.0 Å². The molecule has 2 rings (SSSR count). The third kappa shape index (κ3) is 4.71. The predicted molar refractivity (Wildman–Crippen MR) is 106 cm³/mol. The molecule has 2 aromatic rings. The molecule has 7 nitrogen and oxygen atoms in total. The number of benzene rings is 1. The fourth-order valence-electron chi connectivity index (χ4n) is 3.04. The maximum Gasteiger partial charge on any atom is 0.336 e. The Bertz CT molecular complexity index is 930. The zero-order valence-corrected chi connectivity index (χ0v) is 16.9. The number of carboxylic acid groups (broad SMARTS) is 1. The maximum absolute atomic E-state index is 12.4. The summed E-state index contributed by atoms with van der Waals surface area (Å²) in [5.74, 6) is -1.48. The van der Waals surface area contributed by atoms with E-state index in [9.17, 15) is 19.5 Å². The Hall–Kier alpha value is -2.83. The molecule has 0 fully saturated rings. The SMILES string of the molecule is CCCc1cc(=O)oc2c(C)c(O[C@H](C)C(=O)N[C@H](C(=O)O)C(C)C)ccc12. The van der Waals surface area contributed by atoms with Gasteiger partial charge in [0.15, 0.2) is 6.10 Å². The zero-order chi connectivity index (χ0) is 21.0. The Morgan fingerprint density at radius 1 is 1.25 bits per heavy atom. The van der Waals surface area contributed by atoms with Gasteiger partial charge < -0.3 is 19.6 Å². The Morgan fingerprint density at radius 3 is 2.50 bits per heavy atom. The van der Waals surface area contributed by atoms with Crippen molar-refractivity contribution in [3.05, 3.63) is 39.7 Å². The van der Waals surface area contributed by atoms with E-state index in [1.165, 1.54) is 6.07 Å². The van der Waals surface area contributed by atoms with Crippen LogP contribution in [0, 0.1) is 12.8 Å². The minimum absolute atomic E-state index is 0.262. The highest BCUT2D eigenvalue weighted by Crippen LogP contribution is 2.29. The molecule has 1 aromatic heterocycles. The van der Waals surface area contributed by atoms with Crippen molar-refractivity contribution >= 4 is 22.8 Å². The molecule has 0 bridgehead atoms. The molecule has 0 spiro atoms. The molecule has 28 heavy (non-hydrogen) atoms. The van der Waals surface area contributed by atoms with Crippen LogP contribution < -0.4 is 15.7 Å². The van der Waals surface area contributed by atoms with Crippen LogP contribution >= 0.6 is 0 Å². The summed E-state index contributed by atoms with van der Waals surface area (Å²) >= 11 is 0. The molecule has 152 valence electrons. The van der Waals surface area contributed by atoms with E-state index in [0.717, 1.165) is 23.8 Å². The highest BCUT2D eigenvalue weighted by atomic mass is 16.5. The van der Waals surface area contributed by atoms with Crippen LogP contribution in [0.2, 0.25) is 0 Å². The second-order valence-corrected chi connectivity index (χ2v) is 7.23. The van der Waals surface area contributed by atoms with Gasteiger partial charge >= 0.3 is 11.6 Å². The third-order valence-electron chi connectivity index (χ3n) is 4.62. The second-order valence-electron chi connectivity index (χ2n) is 7.23. The Morgan fingerprint density at radius 2 is 1.93 bits per heavy atom. The van der Waals surface area contributed by atoms with Crippen LogP contribution in [0.15, 0.2) is 27.4 Å². The zero-order valence-electron chi connectivity index (χ0n) is 16.9. The van der Waals surface area contributed by atoms with Gasteiger partial charge in [-0.3, -0.25) is 4.79 Å². The lowest BCUT2D eigenvalue weighted by atomic mass is 10.0. The number of nitrogens with one attached hydrogen (secondary N) is 1. The molecule has 2 atom stereocenters. The van der Waals surface area contributed by atoms with Crippen LogP contribution in [0.25, 0.3) is 11.0 Å². The minimum atomic E-state index is -1.09. The van der Waals surface area contributed by atoms with E-state index in [1.54, 1.807) is 33.8 Å². The van der Waals surface area contributed by atoms with Crippen molar-refractivity contribution in [3.63, 3.8) is 0 Å². The number of carbonyl (C=O) groups excluding carboxylic acids is 1. The summed E-state index contributed by atoms with van der Waals surface area (Å²) in [4.78, 5) is 35.5. The fraction of sp³-hybridized carbons (Fsp3) is 0.476. The molecule has 2 N–H and O–H groups in total. The van der Waals surface area contributed by atoms with Gasteiger partial charge in [-0.1, -0.05) is 27.2 Å². The van der Waals surface area contributed by atoms with Crippen LogP contribution in [0.5, 0.6) is 5.75 Å². The number of carbonyl (C=O) groups is 2. The Labute approximate surface area is 163 Å². The summed E-state index contributed by atoms with van der Waals surface area (Å²) in [7, 11) is 0. The Balaban J connectivity index is 2.28. The number of hydrogen-bond donors (Lipinski definition) is 2. The van der Waals surface area contributed by atoms with Crippen molar-refractivity contribution in [2.24, 2.45) is 5.92 Å². The first-order valence-corrected chi connectivity index (χ1v) is 9.41. The average molecular weight is 389 g/mol. The van der Waals surface area contributed by atoms with Gasteiger partial charge in [-0.2, -0.15) is 0 Å². The summed E-state index contributed by atoms with van der Waals surface area (Å²) < 4.78 is 11.1. The third-order valence-corrected chi connectivity index (χ3v) is 4.62. The maximum atomic E-state index is 12.4. The summed E-state index contributed by atoms with van der Waals surface area (Å²) in [6, 6.07) is 4.05. The summed E-state index contributed by atoms with van der Waals surface area (Å²) in [5.41, 5.74) is 1.54. The number of amides is 1. The lowest BCUT2D eigenvalue weighted by molar-refractivity contribution is -0.144. The molecule has 1 aromatic carbocycles. The summed E-state index contributed by atoms with van der Waals surface area (Å²) in [5, 5.41) is 12.6. The van der Waals surface area contributed by atoms with Crippen LogP contribution in [-0.4, -0.2) is 29.1 Å². The van der Waals surface area contributed by atoms with E-state index in [2.05, 4.69) is 5.32 Å². The second kappa shape index (κ2) is 8.91. The van der Waals surface area contributed by atoms with Crippen LogP contribution in [0.3, 0.4) is 0 Å². The minimum Gasteiger partial charge on any atom is -0.480 e. The number of hydrogen-bond acceptors (Lipinski definition) is 5. The highest BCUT2D eigenvalue weighted by Gasteiger charge is 2.27. The van der Waals surface area contributed by atoms with E-state index in [4.69, 9.17) is 9.15 Å². The summed E-state index contributed by atoms with van der Waals surface area (Å²) in [6.45, 7) is 8.77. The normalized spacial score (nSPS) is 13.4. The first kappa shape index (κ1) is 21.5. The Kier molecular flexibility index (Phi) is 6.83. The van der Waals surface area contributed by atoms with Gasteiger partial charge in [-0.25, -0.2) is 9.59 Å². The number of carboxylic acids is 1. The molecular weight excluding hydrogens is 362 g/mol. The van der Waals surface area contributed by atoms with Gasteiger partial charge in [0.1, 0.15) is 17.4 Å². The van der Waals surface area contributed by atoms with Crippen molar-refractivity contribution in [2.75, 3.05) is 0 Å². The number of fused-ring (bicyclic) bond motifs is 1. The average Bonchev–Trinajstić information content (AvgIpc) is 2.61. The van der Waals surface area contributed by atoms with E-state index in [-0.39, 0.29) is 5.92 Å². The number of aryl methyl sites for hydroxylation is 2. The van der Waals surface area contributed by atoms with Crippen LogP contribution in [0.4, 0.5) is 0 Å². The van der Waals surface area contributed by atoms with E-state index in [0.29, 0.717) is 16.9 Å². The first-order valence-electron chi connectivity index (χ1n) is 9.41. The molecule has 0 saturated carbocycles. The van der Waals surface area contributed by atoms with E-state index < -0.39 is 29.6 Å². The molecule has 0 unspecified atom stereocenters. The molecule has 0 aliphatic carbocycles. The van der Waals surface area contributed by atoms with Gasteiger partial charge in [0.05, 0.1) is 0 Å². The van der Waals surface area contributed by atoms with Gasteiger partial charge in [0.25, 0.3) is 5.91 Å². The molecule has 1 heterocycles. The number of ether oxygens (including phenoxy) is 1. The van der Waals surface area contributed by atoms with E-state index in [1.807, 2.05) is 13.0 Å². The quantitative estimate of drug-likeness (QED) is 0.672. The smallest absolute Gasteiger partial charge is 0.336 e. The van der Waals surface area contributed by atoms with Gasteiger partial charge in [0.2, 0.25) is 0 Å². The molecule has 0 aliphatic heterocycles. The number of rotatable bonds is 8. The van der Waals surface area contributed by atoms with Crippen molar-refractivity contribution < 1.29 is 23.8 Å². The lowest BCUT2D eigenvalue weighted by Gasteiger charge is -2.22. The van der Waals surface area contributed by atoms with Crippen LogP contribution in [0.1, 0.15) is 45.2 Å². The topological polar surface area (TPSA) is 106 Å². The monoisotopic (exact) mass is 389 g/mol.